The average molecular weight is 171 g/mol. The van der Waals surface area contributed by atoms with Crippen molar-refractivity contribution < 1.29 is 4.21 Å². The van der Waals surface area contributed by atoms with Gasteiger partial charge in [-0.25, -0.2) is 0 Å². The molecule has 0 saturated heterocycles. The fourth-order valence-electron chi connectivity index (χ4n) is 0.848. The number of rotatable bonds is 6. The van der Waals surface area contributed by atoms with Crippen LogP contribution in [0, 0.1) is 0 Å². The van der Waals surface area contributed by atoms with Gasteiger partial charge in [0.25, 0.3) is 0 Å². The number of hydrogen-bond donors (Lipinski definition) is 0. The smallest absolute Gasteiger partial charge is 0.105 e. The molecule has 0 aliphatic carbocycles. The van der Waals surface area contributed by atoms with E-state index in [1.165, 1.54) is 0 Å². The summed E-state index contributed by atoms with van der Waals surface area (Å²) in [5.74, 6) is 1.68. The zero-order chi connectivity index (χ0) is 8.74. The largest absolute Gasteiger partial charge is 0.130 e. The van der Waals surface area contributed by atoms with Crippen molar-refractivity contribution >= 4 is 9.93 Å². The van der Waals surface area contributed by atoms with E-state index < -0.39 is 9.93 Å². The van der Waals surface area contributed by atoms with Gasteiger partial charge in [-0.2, -0.15) is 0 Å². The molecule has 0 saturated carbocycles. The molecule has 0 unspecified atom stereocenters. The third-order valence-corrected chi connectivity index (χ3v) is 3.79. The van der Waals surface area contributed by atoms with E-state index in [4.69, 9.17) is 0 Å². The van der Waals surface area contributed by atoms with Gasteiger partial charge in [-0.15, -0.1) is 4.21 Å². The van der Waals surface area contributed by atoms with Crippen molar-refractivity contribution in [2.75, 3.05) is 17.3 Å². The summed E-state index contributed by atoms with van der Waals surface area (Å²) in [6.07, 6.45) is 5.07. The van der Waals surface area contributed by atoms with E-state index in [2.05, 4.69) is 19.7 Å². The van der Waals surface area contributed by atoms with Gasteiger partial charge in [0.2, 0.25) is 0 Å². The summed E-state index contributed by atoms with van der Waals surface area (Å²) in [4.78, 5) is 0. The predicted molar refractivity (Wildman–Crippen MR) is 53.2 cm³/mol. The summed E-state index contributed by atoms with van der Waals surface area (Å²) in [5, 5.41) is 0. The van der Waals surface area contributed by atoms with Crippen LogP contribution in [-0.4, -0.2) is 17.3 Å². The molecular formula is C9H15OS+. The molecule has 0 bridgehead atoms. The predicted octanol–water partition coefficient (Wildman–Crippen LogP) is 2.04. The van der Waals surface area contributed by atoms with Crippen LogP contribution in [0.1, 0.15) is 0 Å². The Morgan fingerprint density at radius 3 is 1.36 bits per heavy atom. The van der Waals surface area contributed by atoms with Gasteiger partial charge in [0.1, 0.15) is 17.3 Å². The Labute approximate surface area is 69.9 Å². The van der Waals surface area contributed by atoms with Crippen LogP contribution in [0.15, 0.2) is 38.0 Å². The molecule has 0 heterocycles. The van der Waals surface area contributed by atoms with Crippen molar-refractivity contribution in [1.82, 2.24) is 0 Å². The van der Waals surface area contributed by atoms with Crippen LogP contribution in [0.5, 0.6) is 0 Å². The lowest BCUT2D eigenvalue weighted by atomic mass is 10.7. The summed E-state index contributed by atoms with van der Waals surface area (Å²) in [5.41, 5.74) is 0. The molecule has 1 nitrogen and oxygen atoms in total. The van der Waals surface area contributed by atoms with Crippen molar-refractivity contribution in [3.05, 3.63) is 38.0 Å². The Kier molecular flexibility index (Phi) is 4.79. The topological polar surface area (TPSA) is 17.1 Å². The van der Waals surface area contributed by atoms with Gasteiger partial charge in [-0.1, -0.05) is 19.7 Å². The maximum Gasteiger partial charge on any atom is 0.130 e. The molecule has 0 aromatic heterocycles. The van der Waals surface area contributed by atoms with Crippen LogP contribution in [0.25, 0.3) is 0 Å². The minimum atomic E-state index is -1.79. The summed E-state index contributed by atoms with van der Waals surface area (Å²) in [6.45, 7) is 10.7. The maximum absolute atomic E-state index is 11.8. The van der Waals surface area contributed by atoms with E-state index >= 15 is 0 Å². The second-order valence-corrected chi connectivity index (χ2v) is 5.26. The summed E-state index contributed by atoms with van der Waals surface area (Å²) in [7, 11) is -1.79. The highest BCUT2D eigenvalue weighted by molar-refractivity contribution is 8.03. The van der Waals surface area contributed by atoms with Crippen molar-refractivity contribution in [2.45, 2.75) is 0 Å². The van der Waals surface area contributed by atoms with Gasteiger partial charge in [-0.05, 0) is 18.2 Å². The second-order valence-electron chi connectivity index (χ2n) is 2.33. The van der Waals surface area contributed by atoms with E-state index in [1.54, 1.807) is 18.2 Å². The Hall–Kier alpha value is -0.630. The lowest BCUT2D eigenvalue weighted by molar-refractivity contribution is 0.589. The van der Waals surface area contributed by atoms with Crippen molar-refractivity contribution in [3.8, 4) is 0 Å². The molecule has 0 fully saturated rings. The fourth-order valence-corrected chi connectivity index (χ4v) is 2.55. The molecule has 0 radical (unpaired) electrons. The van der Waals surface area contributed by atoms with E-state index in [9.17, 15) is 4.21 Å². The van der Waals surface area contributed by atoms with E-state index in [0.29, 0.717) is 17.3 Å². The molecule has 11 heavy (non-hydrogen) atoms. The molecule has 2 heteroatoms. The molecule has 0 aliphatic rings. The van der Waals surface area contributed by atoms with E-state index in [0.717, 1.165) is 0 Å². The molecule has 0 rings (SSSR count). The minimum Gasteiger partial charge on any atom is -0.105 e. The lowest BCUT2D eigenvalue weighted by Gasteiger charge is -2.04. The summed E-state index contributed by atoms with van der Waals surface area (Å²) >= 11 is 0. The van der Waals surface area contributed by atoms with Crippen LogP contribution in [0.3, 0.4) is 0 Å². The molecule has 0 aliphatic heterocycles. The van der Waals surface area contributed by atoms with Crippen LogP contribution < -0.4 is 0 Å². The van der Waals surface area contributed by atoms with Gasteiger partial charge in [-0.3, -0.25) is 0 Å². The Morgan fingerprint density at radius 2 is 1.18 bits per heavy atom. The molecule has 0 atom stereocenters. The van der Waals surface area contributed by atoms with Crippen LogP contribution >= 0.6 is 0 Å². The van der Waals surface area contributed by atoms with Crippen LogP contribution in [0.2, 0.25) is 0 Å². The first-order chi connectivity index (χ1) is 5.18. The number of hydrogen-bond acceptors (Lipinski definition) is 1. The highest BCUT2D eigenvalue weighted by Gasteiger charge is 2.21. The van der Waals surface area contributed by atoms with Crippen molar-refractivity contribution in [1.29, 1.82) is 0 Å². The van der Waals surface area contributed by atoms with E-state index in [-0.39, 0.29) is 0 Å². The second kappa shape index (κ2) is 5.08. The average Bonchev–Trinajstić information content (AvgIpc) is 1.88. The minimum absolute atomic E-state index is 0.561. The van der Waals surface area contributed by atoms with Gasteiger partial charge in [0, 0.05) is 0 Å². The third-order valence-electron chi connectivity index (χ3n) is 1.26. The fraction of sp³-hybridized carbons (Fsp3) is 0.333. The summed E-state index contributed by atoms with van der Waals surface area (Å²) < 4.78 is 11.8. The van der Waals surface area contributed by atoms with Gasteiger partial charge in [0.15, 0.2) is 0 Å². The van der Waals surface area contributed by atoms with Crippen LogP contribution in [-0.2, 0) is 14.1 Å². The van der Waals surface area contributed by atoms with Gasteiger partial charge >= 0.3 is 0 Å². The molecule has 0 spiro atoms. The van der Waals surface area contributed by atoms with Crippen molar-refractivity contribution in [3.63, 3.8) is 0 Å². The first-order valence-corrected chi connectivity index (χ1v) is 5.55. The standard InChI is InChI=1S/C9H15OS/c1-4-7-11(10,8-5-2)9-6-3/h4-6H,1-3,7-9H2/q+1. The molecule has 62 valence electrons. The zero-order valence-electron chi connectivity index (χ0n) is 6.79. The summed E-state index contributed by atoms with van der Waals surface area (Å²) in [6, 6.07) is 0. The first kappa shape index (κ1) is 10.4. The zero-order valence-corrected chi connectivity index (χ0v) is 7.61. The third kappa shape index (κ3) is 3.94. The Bertz CT molecular complexity index is 160. The molecule has 0 N–H and O–H groups in total. The highest BCUT2D eigenvalue weighted by Crippen LogP contribution is 2.06. The first-order valence-electron chi connectivity index (χ1n) is 3.48. The normalized spacial score (nSPS) is 10.5. The monoisotopic (exact) mass is 171 g/mol. The van der Waals surface area contributed by atoms with Crippen molar-refractivity contribution in [2.24, 2.45) is 0 Å². The van der Waals surface area contributed by atoms with Crippen LogP contribution in [0.4, 0.5) is 0 Å². The maximum atomic E-state index is 11.8. The van der Waals surface area contributed by atoms with Gasteiger partial charge < -0.3 is 0 Å². The molecule has 0 amide bonds. The molecular weight excluding hydrogens is 156 g/mol. The lowest BCUT2D eigenvalue weighted by Crippen LogP contribution is -2.20. The molecule has 0 aromatic carbocycles. The SMILES string of the molecule is C=CC[S+](=O)(CC=C)CC=C. The van der Waals surface area contributed by atoms with Gasteiger partial charge in [0.05, 0.1) is 9.93 Å². The Balaban J connectivity index is 4.22. The molecule has 0 aromatic rings. The quantitative estimate of drug-likeness (QED) is 0.441. The Morgan fingerprint density at radius 1 is 0.909 bits per heavy atom. The van der Waals surface area contributed by atoms with E-state index in [1.807, 2.05) is 0 Å². The highest BCUT2D eigenvalue weighted by atomic mass is 32.2.